The predicted molar refractivity (Wildman–Crippen MR) is 56.3 cm³/mol. The molecule has 5 heteroatoms. The van der Waals surface area contributed by atoms with Crippen LogP contribution in [0.4, 0.5) is 0 Å². The minimum absolute atomic E-state index is 0.691. The highest BCUT2D eigenvalue weighted by atomic mass is 16.5. The third-order valence-corrected chi connectivity index (χ3v) is 2.80. The lowest BCUT2D eigenvalue weighted by molar-refractivity contribution is 0.0598. The quantitative estimate of drug-likeness (QED) is 0.782. The molecule has 1 saturated heterocycles. The van der Waals surface area contributed by atoms with E-state index in [2.05, 4.69) is 15.4 Å². The van der Waals surface area contributed by atoms with Crippen molar-refractivity contribution in [2.75, 3.05) is 20.3 Å². The average Bonchev–Trinajstić information content (AvgIpc) is 2.68. The van der Waals surface area contributed by atoms with Crippen LogP contribution in [0.1, 0.15) is 18.7 Å². The van der Waals surface area contributed by atoms with Gasteiger partial charge in [-0.1, -0.05) is 0 Å². The summed E-state index contributed by atoms with van der Waals surface area (Å²) in [5.41, 5.74) is 0. The molecule has 0 amide bonds. The van der Waals surface area contributed by atoms with E-state index >= 15 is 0 Å². The summed E-state index contributed by atoms with van der Waals surface area (Å²) in [5, 5.41) is 7.35. The Morgan fingerprint density at radius 2 is 2.33 bits per heavy atom. The smallest absolute Gasteiger partial charge is 0.140 e. The van der Waals surface area contributed by atoms with Gasteiger partial charge >= 0.3 is 0 Å². The van der Waals surface area contributed by atoms with Crippen LogP contribution in [0.3, 0.4) is 0 Å². The van der Waals surface area contributed by atoms with Crippen LogP contribution in [0.15, 0.2) is 6.33 Å². The molecule has 1 aromatic heterocycles. The van der Waals surface area contributed by atoms with Crippen LogP contribution in [0.2, 0.25) is 0 Å². The van der Waals surface area contributed by atoms with E-state index < -0.39 is 0 Å². The number of ether oxygens (including phenoxy) is 1. The van der Waals surface area contributed by atoms with Gasteiger partial charge in [-0.3, -0.25) is 0 Å². The van der Waals surface area contributed by atoms with Gasteiger partial charge in [-0.2, -0.15) is 5.10 Å². The first kappa shape index (κ1) is 10.6. The number of aromatic nitrogens is 3. The van der Waals surface area contributed by atoms with Crippen LogP contribution >= 0.6 is 0 Å². The van der Waals surface area contributed by atoms with Crippen molar-refractivity contribution in [2.24, 2.45) is 5.92 Å². The van der Waals surface area contributed by atoms with Gasteiger partial charge in [0.15, 0.2) is 0 Å². The van der Waals surface area contributed by atoms with Gasteiger partial charge < -0.3 is 10.1 Å². The number of nitrogens with zero attached hydrogens (tertiary/aromatic N) is 3. The Morgan fingerprint density at radius 3 is 3.07 bits per heavy atom. The molecule has 84 valence electrons. The molecule has 2 rings (SSSR count). The molecule has 0 radical (unpaired) electrons. The second kappa shape index (κ2) is 5.23. The summed E-state index contributed by atoms with van der Waals surface area (Å²) in [6.45, 7) is 3.53. The van der Waals surface area contributed by atoms with E-state index in [1.807, 2.05) is 11.7 Å². The molecular weight excluding hydrogens is 192 g/mol. The Morgan fingerprint density at radius 1 is 1.53 bits per heavy atom. The van der Waals surface area contributed by atoms with E-state index in [0.717, 1.165) is 45.0 Å². The van der Waals surface area contributed by atoms with Gasteiger partial charge in [0.1, 0.15) is 12.2 Å². The van der Waals surface area contributed by atoms with Gasteiger partial charge in [-0.05, 0) is 25.8 Å². The van der Waals surface area contributed by atoms with Gasteiger partial charge in [0, 0.05) is 19.8 Å². The zero-order chi connectivity index (χ0) is 10.5. The maximum Gasteiger partial charge on any atom is 0.140 e. The van der Waals surface area contributed by atoms with Crippen LogP contribution in [0, 0.1) is 5.92 Å². The second-order valence-electron chi connectivity index (χ2n) is 3.94. The lowest BCUT2D eigenvalue weighted by Gasteiger charge is -2.22. The Bertz CT molecular complexity index is 293. The Kier molecular flexibility index (Phi) is 3.69. The molecule has 0 spiro atoms. The van der Waals surface area contributed by atoms with Gasteiger partial charge in [-0.15, -0.1) is 0 Å². The van der Waals surface area contributed by atoms with E-state index in [4.69, 9.17) is 4.74 Å². The number of hydrogen-bond donors (Lipinski definition) is 1. The molecule has 1 N–H and O–H groups in total. The zero-order valence-corrected chi connectivity index (χ0v) is 9.15. The van der Waals surface area contributed by atoms with Crippen LogP contribution in [0.5, 0.6) is 0 Å². The van der Waals surface area contributed by atoms with Crippen molar-refractivity contribution in [1.29, 1.82) is 0 Å². The standard InChI is InChI=1S/C10H18N4O/c1-11-6-10-12-8-13-14(10)7-9-2-4-15-5-3-9/h8-9,11H,2-7H2,1H3. The van der Waals surface area contributed by atoms with Crippen LogP contribution < -0.4 is 5.32 Å². The largest absolute Gasteiger partial charge is 0.381 e. The Balaban J connectivity index is 1.93. The van der Waals surface area contributed by atoms with Crippen molar-refractivity contribution in [3.63, 3.8) is 0 Å². The summed E-state index contributed by atoms with van der Waals surface area (Å²) in [4.78, 5) is 4.23. The summed E-state index contributed by atoms with van der Waals surface area (Å²) in [5.74, 6) is 1.71. The molecule has 1 fully saturated rings. The fourth-order valence-corrected chi connectivity index (χ4v) is 1.91. The first-order chi connectivity index (χ1) is 7.40. The maximum atomic E-state index is 5.34. The molecule has 1 aliphatic heterocycles. The lowest BCUT2D eigenvalue weighted by atomic mass is 10.0. The average molecular weight is 210 g/mol. The van der Waals surface area contributed by atoms with E-state index in [9.17, 15) is 0 Å². The van der Waals surface area contributed by atoms with E-state index in [0.29, 0.717) is 5.92 Å². The SMILES string of the molecule is CNCc1ncnn1CC1CCOCC1. The van der Waals surface area contributed by atoms with Crippen molar-refractivity contribution in [3.8, 4) is 0 Å². The molecule has 0 bridgehead atoms. The predicted octanol–water partition coefficient (Wildman–Crippen LogP) is 0.424. The van der Waals surface area contributed by atoms with Gasteiger partial charge in [0.05, 0.1) is 6.54 Å². The highest BCUT2D eigenvalue weighted by Crippen LogP contribution is 2.16. The van der Waals surface area contributed by atoms with Crippen molar-refractivity contribution < 1.29 is 4.74 Å². The van der Waals surface area contributed by atoms with Gasteiger partial charge in [0.25, 0.3) is 0 Å². The molecule has 0 atom stereocenters. The second-order valence-corrected chi connectivity index (χ2v) is 3.94. The van der Waals surface area contributed by atoms with Crippen molar-refractivity contribution >= 4 is 0 Å². The third kappa shape index (κ3) is 2.76. The molecule has 1 aliphatic rings. The van der Waals surface area contributed by atoms with Crippen molar-refractivity contribution in [3.05, 3.63) is 12.2 Å². The molecular formula is C10H18N4O. The topological polar surface area (TPSA) is 52.0 Å². The third-order valence-electron chi connectivity index (χ3n) is 2.80. The number of nitrogens with one attached hydrogen (secondary N) is 1. The molecule has 0 saturated carbocycles. The van der Waals surface area contributed by atoms with Crippen LogP contribution in [-0.4, -0.2) is 35.0 Å². The van der Waals surface area contributed by atoms with Gasteiger partial charge in [-0.25, -0.2) is 9.67 Å². The van der Waals surface area contributed by atoms with Crippen molar-refractivity contribution in [1.82, 2.24) is 20.1 Å². The fraction of sp³-hybridized carbons (Fsp3) is 0.800. The molecule has 2 heterocycles. The van der Waals surface area contributed by atoms with Crippen LogP contribution in [0.25, 0.3) is 0 Å². The highest BCUT2D eigenvalue weighted by molar-refractivity contribution is 4.84. The summed E-state index contributed by atoms with van der Waals surface area (Å²) < 4.78 is 7.35. The Labute approximate surface area is 89.8 Å². The molecule has 0 aliphatic carbocycles. The molecule has 5 nitrogen and oxygen atoms in total. The molecule has 0 unspecified atom stereocenters. The van der Waals surface area contributed by atoms with Gasteiger partial charge in [0.2, 0.25) is 0 Å². The normalized spacial score (nSPS) is 18.2. The maximum absolute atomic E-state index is 5.34. The van der Waals surface area contributed by atoms with E-state index in [1.165, 1.54) is 0 Å². The van der Waals surface area contributed by atoms with Crippen LogP contribution in [-0.2, 0) is 17.8 Å². The summed E-state index contributed by atoms with van der Waals surface area (Å²) >= 11 is 0. The number of rotatable bonds is 4. The molecule has 1 aromatic rings. The fourth-order valence-electron chi connectivity index (χ4n) is 1.91. The first-order valence-corrected chi connectivity index (χ1v) is 5.49. The minimum atomic E-state index is 0.691. The van der Waals surface area contributed by atoms with E-state index in [-0.39, 0.29) is 0 Å². The lowest BCUT2D eigenvalue weighted by Crippen LogP contribution is -2.23. The minimum Gasteiger partial charge on any atom is -0.381 e. The first-order valence-electron chi connectivity index (χ1n) is 5.49. The van der Waals surface area contributed by atoms with Crippen molar-refractivity contribution in [2.45, 2.75) is 25.9 Å². The molecule has 0 aromatic carbocycles. The van der Waals surface area contributed by atoms with E-state index in [1.54, 1.807) is 6.33 Å². The number of hydrogen-bond acceptors (Lipinski definition) is 4. The zero-order valence-electron chi connectivity index (χ0n) is 9.15. The highest BCUT2D eigenvalue weighted by Gasteiger charge is 2.16. The Hall–Kier alpha value is -0.940. The monoisotopic (exact) mass is 210 g/mol. The summed E-state index contributed by atoms with van der Waals surface area (Å²) in [6.07, 6.45) is 3.91. The molecule has 15 heavy (non-hydrogen) atoms. The summed E-state index contributed by atoms with van der Waals surface area (Å²) in [7, 11) is 1.92. The summed E-state index contributed by atoms with van der Waals surface area (Å²) in [6, 6.07) is 0.